The molecule has 166 valence electrons. The second-order valence-corrected chi connectivity index (χ2v) is 7.30. The van der Waals surface area contributed by atoms with Gasteiger partial charge in [-0.25, -0.2) is 14.2 Å². The molecule has 0 bridgehead atoms. The number of urea groups is 1. The van der Waals surface area contributed by atoms with Gasteiger partial charge in [-0.2, -0.15) is 0 Å². The molecule has 3 heterocycles. The Kier molecular flexibility index (Phi) is 5.17. The molecule has 0 unspecified atom stereocenters. The summed E-state index contributed by atoms with van der Waals surface area (Å²) in [4.78, 5) is 43.0. The van der Waals surface area contributed by atoms with Crippen LogP contribution in [0.4, 0.5) is 15.0 Å². The molecule has 3 aromatic rings. The molecule has 0 aliphatic carbocycles. The molecule has 11 heteroatoms. The normalized spacial score (nSPS) is 14.7. The highest BCUT2D eigenvalue weighted by Crippen LogP contribution is 2.34. The molecule has 3 amide bonds. The number of anilines is 1. The fourth-order valence-corrected chi connectivity index (χ4v) is 3.71. The Morgan fingerprint density at radius 1 is 1.41 bits per heavy atom. The second kappa shape index (κ2) is 7.84. The average molecular weight is 441 g/mol. The predicted octanol–water partition coefficient (Wildman–Crippen LogP) is 1.54. The van der Waals surface area contributed by atoms with Crippen LogP contribution in [-0.2, 0) is 16.9 Å². The summed E-state index contributed by atoms with van der Waals surface area (Å²) in [7, 11) is 2.68. The van der Waals surface area contributed by atoms with Gasteiger partial charge in [0, 0.05) is 19.7 Å². The molecule has 0 fully saturated rings. The Bertz CT molecular complexity index is 1240. The molecule has 10 nitrogen and oxygen atoms in total. The maximum Gasteiger partial charge on any atom is 0.315 e. The van der Waals surface area contributed by atoms with Crippen molar-refractivity contribution in [3.63, 3.8) is 0 Å². The first-order valence-electron chi connectivity index (χ1n) is 9.59. The molecule has 2 aromatic heterocycles. The summed E-state index contributed by atoms with van der Waals surface area (Å²) in [5.41, 5.74) is 4.95. The first-order valence-corrected chi connectivity index (χ1v) is 9.59. The van der Waals surface area contributed by atoms with E-state index in [1.807, 2.05) is 0 Å². The van der Waals surface area contributed by atoms with Crippen LogP contribution in [0, 0.1) is 5.82 Å². The summed E-state index contributed by atoms with van der Waals surface area (Å²) in [6.45, 7) is -0.278. The smallest absolute Gasteiger partial charge is 0.315 e. The summed E-state index contributed by atoms with van der Waals surface area (Å²) in [6.07, 6.45) is 0.469. The molecule has 0 spiro atoms. The number of aldehydes is 1. The molecular formula is C21H20FN5O5. The number of furan rings is 1. The minimum atomic E-state index is -1.77. The third-order valence-electron chi connectivity index (χ3n) is 5.32. The Balaban J connectivity index is 1.75. The van der Waals surface area contributed by atoms with Crippen molar-refractivity contribution in [3.05, 3.63) is 53.0 Å². The van der Waals surface area contributed by atoms with Crippen molar-refractivity contribution >= 4 is 35.1 Å². The Morgan fingerprint density at radius 3 is 2.88 bits per heavy atom. The molecule has 1 atom stereocenters. The third kappa shape index (κ3) is 3.37. The number of hydrogen-bond donors (Lipinski definition) is 3. The van der Waals surface area contributed by atoms with E-state index in [1.165, 1.54) is 37.3 Å². The molecule has 0 saturated carbocycles. The van der Waals surface area contributed by atoms with Crippen LogP contribution in [0.25, 0.3) is 11.1 Å². The van der Waals surface area contributed by atoms with Gasteiger partial charge in [-0.05, 0) is 23.8 Å². The summed E-state index contributed by atoms with van der Waals surface area (Å²) in [5, 5.41) is 4.93. The first-order chi connectivity index (χ1) is 15.3. The van der Waals surface area contributed by atoms with Crippen LogP contribution in [0.15, 0.2) is 34.7 Å². The zero-order chi connectivity index (χ0) is 23.0. The molecule has 32 heavy (non-hydrogen) atoms. The van der Waals surface area contributed by atoms with Crippen molar-refractivity contribution in [1.82, 2.24) is 20.5 Å². The van der Waals surface area contributed by atoms with Crippen molar-refractivity contribution in [3.8, 4) is 5.75 Å². The number of aromatic nitrogens is 1. The van der Waals surface area contributed by atoms with Crippen LogP contribution in [0.1, 0.15) is 21.7 Å². The predicted molar refractivity (Wildman–Crippen MR) is 111 cm³/mol. The number of pyridine rings is 1. The third-order valence-corrected chi connectivity index (χ3v) is 5.32. The maximum absolute atomic E-state index is 14.7. The van der Waals surface area contributed by atoms with Crippen molar-refractivity contribution in [1.29, 1.82) is 0 Å². The van der Waals surface area contributed by atoms with Gasteiger partial charge in [0.25, 0.3) is 5.91 Å². The van der Waals surface area contributed by atoms with Crippen LogP contribution in [0.5, 0.6) is 5.75 Å². The molecule has 1 aliphatic heterocycles. The van der Waals surface area contributed by atoms with Gasteiger partial charge >= 0.3 is 6.03 Å². The lowest BCUT2D eigenvalue weighted by Crippen LogP contribution is -2.56. The van der Waals surface area contributed by atoms with Gasteiger partial charge in [0.1, 0.15) is 17.1 Å². The lowest BCUT2D eigenvalue weighted by atomic mass is 9.97. The number of nitrogen functional groups attached to an aromatic ring is 1. The van der Waals surface area contributed by atoms with E-state index in [0.29, 0.717) is 22.9 Å². The number of methoxy groups -OCH3 is 1. The summed E-state index contributed by atoms with van der Waals surface area (Å²) in [5.74, 6) is -1.19. The number of nitrogens with one attached hydrogen (secondary N) is 2. The van der Waals surface area contributed by atoms with Crippen molar-refractivity contribution in [2.45, 2.75) is 12.1 Å². The lowest BCUT2D eigenvalue weighted by Gasteiger charge is -2.31. The molecular weight excluding hydrogens is 421 g/mol. The van der Waals surface area contributed by atoms with E-state index in [-0.39, 0.29) is 36.0 Å². The van der Waals surface area contributed by atoms with E-state index in [4.69, 9.17) is 14.9 Å². The van der Waals surface area contributed by atoms with Crippen LogP contribution in [0.3, 0.4) is 0 Å². The van der Waals surface area contributed by atoms with Gasteiger partial charge in [0.05, 0.1) is 19.2 Å². The number of benzene rings is 1. The molecule has 4 rings (SSSR count). The highest BCUT2D eigenvalue weighted by atomic mass is 19.1. The van der Waals surface area contributed by atoms with Gasteiger partial charge < -0.3 is 35.2 Å². The Morgan fingerprint density at radius 2 is 2.19 bits per heavy atom. The van der Waals surface area contributed by atoms with E-state index >= 15 is 0 Å². The van der Waals surface area contributed by atoms with Gasteiger partial charge in [-0.15, -0.1) is 0 Å². The molecule has 0 saturated heterocycles. The van der Waals surface area contributed by atoms with Crippen LogP contribution >= 0.6 is 0 Å². The Hall–Kier alpha value is -4.15. The monoisotopic (exact) mass is 441 g/mol. The average Bonchev–Trinajstić information content (AvgIpc) is 3.34. The number of hydrogen-bond acceptors (Lipinski definition) is 7. The topological polar surface area (TPSA) is 140 Å². The fourth-order valence-electron chi connectivity index (χ4n) is 3.71. The van der Waals surface area contributed by atoms with Crippen molar-refractivity contribution in [2.24, 2.45) is 0 Å². The second-order valence-electron chi connectivity index (χ2n) is 7.30. The quantitative estimate of drug-likeness (QED) is 0.493. The van der Waals surface area contributed by atoms with E-state index in [1.54, 1.807) is 12.1 Å². The number of nitrogens with zero attached hydrogens (tertiary/aromatic N) is 2. The first kappa shape index (κ1) is 21.1. The fraction of sp³-hybridized carbons (Fsp3) is 0.238. The van der Waals surface area contributed by atoms with Crippen LogP contribution < -0.4 is 21.1 Å². The Labute approximate surface area is 181 Å². The van der Waals surface area contributed by atoms with E-state index in [2.05, 4.69) is 15.6 Å². The van der Waals surface area contributed by atoms with E-state index < -0.39 is 23.3 Å². The number of carbonyl (C=O) groups is 3. The SMILES string of the molecule is CNC(=O)N[C@@](C=O)(CN1Cc2ccc(OC)c(F)c2C1=O)c1cc2nc(N)ccc2o1. The van der Waals surface area contributed by atoms with Crippen molar-refractivity contribution < 1.29 is 27.9 Å². The molecule has 1 aliphatic rings. The number of rotatable bonds is 6. The van der Waals surface area contributed by atoms with Gasteiger partial charge in [-0.1, -0.05) is 6.07 Å². The molecule has 1 aromatic carbocycles. The largest absolute Gasteiger partial charge is 0.494 e. The summed E-state index contributed by atoms with van der Waals surface area (Å²) in [6, 6.07) is 6.90. The minimum absolute atomic E-state index is 0.0333. The number of fused-ring (bicyclic) bond motifs is 2. The zero-order valence-electron chi connectivity index (χ0n) is 17.3. The van der Waals surface area contributed by atoms with Gasteiger partial charge in [0.2, 0.25) is 0 Å². The highest BCUT2D eigenvalue weighted by molar-refractivity contribution is 5.99. The standard InChI is InChI=1S/C21H20FN5O5/c1-24-20(30)26-21(10-28,15-7-12-13(32-15)5-6-16(23)25-12)9-27-8-11-3-4-14(31-2)18(22)17(11)19(27)29/h3-7,10H,8-9H2,1-2H3,(H2,23,25)(H2,24,26,30)/t21-/m1/s1. The number of halogens is 1. The zero-order valence-corrected chi connectivity index (χ0v) is 17.3. The van der Waals surface area contributed by atoms with Crippen LogP contribution in [-0.4, -0.2) is 48.8 Å². The van der Waals surface area contributed by atoms with E-state index in [0.717, 1.165) is 0 Å². The van der Waals surface area contributed by atoms with E-state index in [9.17, 15) is 18.8 Å². The maximum atomic E-state index is 14.7. The van der Waals surface area contributed by atoms with Crippen molar-refractivity contribution in [2.75, 3.05) is 26.4 Å². The number of nitrogens with two attached hydrogens (primary N) is 1. The minimum Gasteiger partial charge on any atom is -0.494 e. The van der Waals surface area contributed by atoms with Gasteiger partial charge in [0.15, 0.2) is 29.0 Å². The number of amides is 3. The molecule has 0 radical (unpaired) electrons. The highest BCUT2D eigenvalue weighted by Gasteiger charge is 2.43. The summed E-state index contributed by atoms with van der Waals surface area (Å²) >= 11 is 0. The van der Waals surface area contributed by atoms with Crippen LogP contribution in [0.2, 0.25) is 0 Å². The molecule has 4 N–H and O–H groups in total. The van der Waals surface area contributed by atoms with Gasteiger partial charge in [-0.3, -0.25) is 4.79 Å². The summed E-state index contributed by atoms with van der Waals surface area (Å²) < 4.78 is 25.5. The lowest BCUT2D eigenvalue weighted by molar-refractivity contribution is -0.114. The number of ether oxygens (including phenoxy) is 1. The number of carbonyl (C=O) groups excluding carboxylic acids is 3.